The highest BCUT2D eigenvalue weighted by Crippen LogP contribution is 2.14. The van der Waals surface area contributed by atoms with Gasteiger partial charge in [0, 0.05) is 18.1 Å². The molecule has 1 aromatic heterocycles. The fourth-order valence-electron chi connectivity index (χ4n) is 1.87. The Hall–Kier alpha value is -2.07. The molecule has 0 fully saturated rings. The van der Waals surface area contributed by atoms with Crippen LogP contribution >= 0.6 is 0 Å². The zero-order chi connectivity index (χ0) is 13.8. The standard InChI is InChI=1S/C15H18N2O2/c1-11-5-3-4-6-14(11)16-15(19)10-17-8-7-13(9-17)12(2)18/h3-9,12,18H,10H2,1-2H3,(H,16,19). The number of rotatable bonds is 4. The van der Waals surface area contributed by atoms with Crippen LogP contribution in [-0.2, 0) is 11.3 Å². The molecule has 2 rings (SSSR count). The summed E-state index contributed by atoms with van der Waals surface area (Å²) in [4.78, 5) is 11.9. The number of amides is 1. The summed E-state index contributed by atoms with van der Waals surface area (Å²) in [6.07, 6.45) is 3.06. The van der Waals surface area contributed by atoms with Crippen molar-refractivity contribution in [3.8, 4) is 0 Å². The Labute approximate surface area is 112 Å². The van der Waals surface area contributed by atoms with Gasteiger partial charge in [0.2, 0.25) is 5.91 Å². The Morgan fingerprint density at radius 3 is 2.74 bits per heavy atom. The van der Waals surface area contributed by atoms with Crippen LogP contribution in [0, 0.1) is 6.92 Å². The summed E-state index contributed by atoms with van der Waals surface area (Å²) in [6, 6.07) is 9.47. The number of anilines is 1. The maximum atomic E-state index is 11.9. The smallest absolute Gasteiger partial charge is 0.244 e. The van der Waals surface area contributed by atoms with Crippen LogP contribution in [0.4, 0.5) is 5.69 Å². The van der Waals surface area contributed by atoms with Crippen molar-refractivity contribution in [2.24, 2.45) is 0 Å². The lowest BCUT2D eigenvalue weighted by Gasteiger charge is -2.08. The van der Waals surface area contributed by atoms with Crippen LogP contribution in [0.5, 0.6) is 0 Å². The van der Waals surface area contributed by atoms with Crippen LogP contribution in [0.25, 0.3) is 0 Å². The second-order valence-electron chi connectivity index (χ2n) is 4.66. The maximum Gasteiger partial charge on any atom is 0.244 e. The highest BCUT2D eigenvalue weighted by atomic mass is 16.3. The average molecular weight is 258 g/mol. The SMILES string of the molecule is Cc1ccccc1NC(=O)Cn1ccc(C(C)O)c1. The van der Waals surface area contributed by atoms with E-state index in [-0.39, 0.29) is 12.5 Å². The molecular formula is C15H18N2O2. The van der Waals surface area contributed by atoms with E-state index >= 15 is 0 Å². The topological polar surface area (TPSA) is 54.3 Å². The first-order chi connectivity index (χ1) is 9.06. The Bertz CT molecular complexity index is 573. The molecule has 1 unspecified atom stereocenters. The molecule has 2 N–H and O–H groups in total. The number of carbonyl (C=O) groups excluding carboxylic acids is 1. The number of carbonyl (C=O) groups is 1. The lowest BCUT2D eigenvalue weighted by atomic mass is 10.2. The van der Waals surface area contributed by atoms with Gasteiger partial charge in [0.25, 0.3) is 0 Å². The van der Waals surface area contributed by atoms with Crippen molar-refractivity contribution in [2.45, 2.75) is 26.5 Å². The van der Waals surface area contributed by atoms with E-state index < -0.39 is 6.10 Å². The van der Waals surface area contributed by atoms with Crippen molar-refractivity contribution in [2.75, 3.05) is 5.32 Å². The molecule has 1 heterocycles. The molecule has 1 amide bonds. The average Bonchev–Trinajstić information content (AvgIpc) is 2.80. The molecule has 0 aliphatic rings. The highest BCUT2D eigenvalue weighted by Gasteiger charge is 2.07. The summed E-state index contributed by atoms with van der Waals surface area (Å²) in [5.41, 5.74) is 2.67. The van der Waals surface area contributed by atoms with Crippen molar-refractivity contribution in [1.82, 2.24) is 4.57 Å². The Morgan fingerprint density at radius 1 is 1.37 bits per heavy atom. The number of aliphatic hydroxyl groups is 1. The monoisotopic (exact) mass is 258 g/mol. The Kier molecular flexibility index (Phi) is 4.02. The van der Waals surface area contributed by atoms with E-state index in [1.54, 1.807) is 23.9 Å². The molecule has 0 spiro atoms. The molecule has 1 aromatic carbocycles. The number of aryl methyl sites for hydroxylation is 1. The number of aliphatic hydroxyl groups excluding tert-OH is 1. The van der Waals surface area contributed by atoms with Crippen molar-refractivity contribution in [3.05, 3.63) is 53.9 Å². The van der Waals surface area contributed by atoms with Crippen molar-refractivity contribution in [1.29, 1.82) is 0 Å². The van der Waals surface area contributed by atoms with Gasteiger partial charge >= 0.3 is 0 Å². The van der Waals surface area contributed by atoms with Gasteiger partial charge in [-0.2, -0.15) is 0 Å². The largest absolute Gasteiger partial charge is 0.389 e. The molecule has 4 heteroatoms. The Morgan fingerprint density at radius 2 is 2.11 bits per heavy atom. The van der Waals surface area contributed by atoms with Crippen LogP contribution in [-0.4, -0.2) is 15.6 Å². The van der Waals surface area contributed by atoms with Gasteiger partial charge in [-0.3, -0.25) is 4.79 Å². The van der Waals surface area contributed by atoms with E-state index in [1.165, 1.54) is 0 Å². The molecule has 0 aliphatic carbocycles. The zero-order valence-electron chi connectivity index (χ0n) is 11.1. The van der Waals surface area contributed by atoms with Crippen molar-refractivity contribution < 1.29 is 9.90 Å². The maximum absolute atomic E-state index is 11.9. The van der Waals surface area contributed by atoms with Crippen LogP contribution in [0.2, 0.25) is 0 Å². The van der Waals surface area contributed by atoms with Gasteiger partial charge in [0.15, 0.2) is 0 Å². The molecule has 0 radical (unpaired) electrons. The van der Waals surface area contributed by atoms with E-state index in [0.717, 1.165) is 16.8 Å². The summed E-state index contributed by atoms with van der Waals surface area (Å²) < 4.78 is 1.76. The van der Waals surface area contributed by atoms with E-state index in [0.29, 0.717) is 0 Å². The normalized spacial score (nSPS) is 12.2. The van der Waals surface area contributed by atoms with E-state index in [2.05, 4.69) is 5.32 Å². The van der Waals surface area contributed by atoms with Gasteiger partial charge in [-0.05, 0) is 37.1 Å². The minimum absolute atomic E-state index is 0.0814. The zero-order valence-corrected chi connectivity index (χ0v) is 11.1. The fourth-order valence-corrected chi connectivity index (χ4v) is 1.87. The third-order valence-corrected chi connectivity index (χ3v) is 3.00. The van der Waals surface area contributed by atoms with E-state index in [9.17, 15) is 9.90 Å². The van der Waals surface area contributed by atoms with Crippen molar-refractivity contribution >= 4 is 11.6 Å². The molecule has 0 aliphatic heterocycles. The number of nitrogens with one attached hydrogen (secondary N) is 1. The predicted molar refractivity (Wildman–Crippen MR) is 74.9 cm³/mol. The molecule has 19 heavy (non-hydrogen) atoms. The number of para-hydroxylation sites is 1. The molecular weight excluding hydrogens is 240 g/mol. The second kappa shape index (κ2) is 5.71. The van der Waals surface area contributed by atoms with Gasteiger partial charge in [-0.15, -0.1) is 0 Å². The summed E-state index contributed by atoms with van der Waals surface area (Å²) >= 11 is 0. The predicted octanol–water partition coefficient (Wildman–Crippen LogP) is 2.49. The minimum atomic E-state index is -0.513. The molecule has 1 atom stereocenters. The third kappa shape index (κ3) is 3.45. The van der Waals surface area contributed by atoms with Gasteiger partial charge < -0.3 is 15.0 Å². The first kappa shape index (κ1) is 13.4. The van der Waals surface area contributed by atoms with Gasteiger partial charge in [-0.25, -0.2) is 0 Å². The number of hydrogen-bond donors (Lipinski definition) is 2. The molecule has 0 bridgehead atoms. The van der Waals surface area contributed by atoms with Gasteiger partial charge in [-0.1, -0.05) is 18.2 Å². The molecule has 4 nitrogen and oxygen atoms in total. The number of nitrogens with zero attached hydrogens (tertiary/aromatic N) is 1. The lowest BCUT2D eigenvalue weighted by Crippen LogP contribution is -2.18. The number of hydrogen-bond acceptors (Lipinski definition) is 2. The summed E-state index contributed by atoms with van der Waals surface area (Å²) in [5, 5.41) is 12.3. The molecule has 100 valence electrons. The van der Waals surface area contributed by atoms with Crippen LogP contribution in [0.15, 0.2) is 42.7 Å². The number of aromatic nitrogens is 1. The van der Waals surface area contributed by atoms with Gasteiger partial charge in [0.1, 0.15) is 6.54 Å². The lowest BCUT2D eigenvalue weighted by molar-refractivity contribution is -0.116. The minimum Gasteiger partial charge on any atom is -0.389 e. The Balaban J connectivity index is 1.99. The fraction of sp³-hybridized carbons (Fsp3) is 0.267. The first-order valence-electron chi connectivity index (χ1n) is 6.25. The third-order valence-electron chi connectivity index (χ3n) is 3.00. The second-order valence-corrected chi connectivity index (χ2v) is 4.66. The van der Waals surface area contributed by atoms with Gasteiger partial charge in [0.05, 0.1) is 6.10 Å². The number of benzene rings is 1. The summed E-state index contributed by atoms with van der Waals surface area (Å²) in [7, 11) is 0. The summed E-state index contributed by atoms with van der Waals surface area (Å²) in [5.74, 6) is -0.0814. The molecule has 0 saturated heterocycles. The first-order valence-corrected chi connectivity index (χ1v) is 6.25. The van der Waals surface area contributed by atoms with Crippen LogP contribution in [0.3, 0.4) is 0 Å². The van der Waals surface area contributed by atoms with E-state index in [4.69, 9.17) is 0 Å². The van der Waals surface area contributed by atoms with Crippen LogP contribution in [0.1, 0.15) is 24.2 Å². The van der Waals surface area contributed by atoms with Crippen molar-refractivity contribution in [3.63, 3.8) is 0 Å². The molecule has 2 aromatic rings. The molecule has 0 saturated carbocycles. The quantitative estimate of drug-likeness (QED) is 0.885. The van der Waals surface area contributed by atoms with Crippen LogP contribution < -0.4 is 5.32 Å². The van der Waals surface area contributed by atoms with E-state index in [1.807, 2.05) is 37.3 Å². The summed E-state index contributed by atoms with van der Waals surface area (Å²) in [6.45, 7) is 3.89. The highest BCUT2D eigenvalue weighted by molar-refractivity contribution is 5.91.